The van der Waals surface area contributed by atoms with Crippen molar-refractivity contribution in [2.75, 3.05) is 6.61 Å². The lowest BCUT2D eigenvalue weighted by atomic mass is 10.1. The van der Waals surface area contributed by atoms with Crippen molar-refractivity contribution >= 4 is 12.6 Å². The molecule has 1 atom stereocenters. The van der Waals surface area contributed by atoms with Crippen molar-refractivity contribution < 1.29 is 23.0 Å². The highest BCUT2D eigenvalue weighted by Gasteiger charge is 2.31. The van der Waals surface area contributed by atoms with Crippen LogP contribution in [0.1, 0.15) is 38.8 Å². The van der Waals surface area contributed by atoms with Crippen molar-refractivity contribution in [2.45, 2.75) is 44.3 Å². The molecule has 1 aromatic rings. The van der Waals surface area contributed by atoms with Crippen molar-refractivity contribution in [1.29, 1.82) is 0 Å². The molecule has 7 heteroatoms. The Morgan fingerprint density at radius 3 is 2.24 bits per heavy atom. The predicted octanol–water partition coefficient (Wildman–Crippen LogP) is 3.68. The van der Waals surface area contributed by atoms with Gasteiger partial charge in [-0.2, -0.15) is 12.6 Å². The van der Waals surface area contributed by atoms with E-state index >= 15 is 0 Å². The van der Waals surface area contributed by atoms with E-state index in [0.717, 1.165) is 0 Å². The van der Waals surface area contributed by atoms with Gasteiger partial charge in [-0.3, -0.25) is 0 Å². The van der Waals surface area contributed by atoms with Gasteiger partial charge in [0, 0.05) is 17.4 Å². The molecule has 0 saturated heterocycles. The smallest absolute Gasteiger partial charge is 0.406 e. The third kappa shape index (κ3) is 12.5. The van der Waals surface area contributed by atoms with E-state index in [9.17, 15) is 13.2 Å². The summed E-state index contributed by atoms with van der Waals surface area (Å²) in [5.74, 6) is -0.307. The number of thiol groups is 1. The van der Waals surface area contributed by atoms with E-state index < -0.39 is 12.4 Å². The van der Waals surface area contributed by atoms with Crippen LogP contribution in [0.4, 0.5) is 13.2 Å². The molecule has 0 amide bonds. The summed E-state index contributed by atoms with van der Waals surface area (Å²) in [4.78, 5) is 0. The van der Waals surface area contributed by atoms with Gasteiger partial charge in [-0.25, -0.2) is 0 Å². The molecule has 0 aliphatic heterocycles. The van der Waals surface area contributed by atoms with Crippen LogP contribution in [-0.2, 0) is 0 Å². The Morgan fingerprint density at radius 1 is 1.29 bits per heavy atom. The van der Waals surface area contributed by atoms with E-state index in [1.54, 1.807) is 6.07 Å². The zero-order valence-corrected chi connectivity index (χ0v) is 13.2. The highest BCUT2D eigenvalue weighted by molar-refractivity contribution is 7.81. The van der Waals surface area contributed by atoms with Crippen molar-refractivity contribution in [3.05, 3.63) is 29.8 Å². The summed E-state index contributed by atoms with van der Waals surface area (Å²) in [6.45, 7) is 6.04. The quantitative estimate of drug-likeness (QED) is 0.740. The van der Waals surface area contributed by atoms with Crippen LogP contribution in [0.3, 0.4) is 0 Å². The van der Waals surface area contributed by atoms with Gasteiger partial charge in [0.05, 0.1) is 0 Å². The molecule has 0 radical (unpaired) electrons. The fraction of sp³-hybridized carbons (Fsp3) is 0.571. The molecule has 1 aromatic carbocycles. The van der Waals surface area contributed by atoms with Crippen molar-refractivity contribution in [3.63, 3.8) is 0 Å². The Labute approximate surface area is 128 Å². The van der Waals surface area contributed by atoms with Gasteiger partial charge >= 0.3 is 6.36 Å². The number of alkyl halides is 3. The fourth-order valence-corrected chi connectivity index (χ4v) is 1.25. The first-order chi connectivity index (χ1) is 9.42. The van der Waals surface area contributed by atoms with Crippen molar-refractivity contribution in [3.8, 4) is 5.75 Å². The molecule has 0 aliphatic carbocycles. The second-order valence-electron chi connectivity index (χ2n) is 5.41. The van der Waals surface area contributed by atoms with Gasteiger partial charge in [-0.1, -0.05) is 32.9 Å². The standard InChI is InChI=1S/C10H12F3NO2.C4H10S/c11-10(12,13)16-8-3-1-2-7(6-8)9(14)4-5-15;1-4(2,3)5/h1-3,6,9,15H,4-5,14H2;5H,1-3H3. The van der Waals surface area contributed by atoms with E-state index in [-0.39, 0.29) is 23.5 Å². The Kier molecular flexibility index (Phi) is 8.13. The third-order valence-electron chi connectivity index (χ3n) is 1.96. The maximum atomic E-state index is 11.9. The SMILES string of the molecule is CC(C)(C)S.NC(CCO)c1cccc(OC(F)(F)F)c1. The normalized spacial score (nSPS) is 13.2. The predicted molar refractivity (Wildman–Crippen MR) is 80.5 cm³/mol. The number of benzene rings is 1. The zero-order valence-electron chi connectivity index (χ0n) is 12.3. The van der Waals surface area contributed by atoms with E-state index in [2.05, 4.69) is 38.1 Å². The van der Waals surface area contributed by atoms with E-state index in [1.807, 2.05) is 0 Å². The van der Waals surface area contributed by atoms with E-state index in [4.69, 9.17) is 10.8 Å². The lowest BCUT2D eigenvalue weighted by Gasteiger charge is -2.13. The van der Waals surface area contributed by atoms with Crippen molar-refractivity contribution in [2.24, 2.45) is 5.73 Å². The van der Waals surface area contributed by atoms with Crippen LogP contribution in [0.25, 0.3) is 0 Å². The molecule has 3 nitrogen and oxygen atoms in total. The second-order valence-corrected chi connectivity index (χ2v) is 6.75. The first kappa shape index (κ1) is 20.1. The van der Waals surface area contributed by atoms with Crippen LogP contribution in [0, 0.1) is 0 Å². The monoisotopic (exact) mass is 325 g/mol. The first-order valence-corrected chi connectivity index (χ1v) is 6.81. The van der Waals surface area contributed by atoms with Crippen LogP contribution < -0.4 is 10.5 Å². The van der Waals surface area contributed by atoms with E-state index in [0.29, 0.717) is 5.56 Å². The average Bonchev–Trinajstić information content (AvgIpc) is 2.25. The minimum atomic E-state index is -4.71. The molecule has 0 aliphatic rings. The molecular weight excluding hydrogens is 303 g/mol. The minimum Gasteiger partial charge on any atom is -0.406 e. The lowest BCUT2D eigenvalue weighted by Crippen LogP contribution is -2.18. The van der Waals surface area contributed by atoms with Gasteiger partial charge in [0.1, 0.15) is 5.75 Å². The molecule has 0 saturated carbocycles. The zero-order chi connectivity index (χ0) is 16.7. The number of hydrogen-bond donors (Lipinski definition) is 3. The van der Waals surface area contributed by atoms with Gasteiger partial charge < -0.3 is 15.6 Å². The number of nitrogens with two attached hydrogens (primary N) is 1. The third-order valence-corrected chi connectivity index (χ3v) is 1.96. The summed E-state index contributed by atoms with van der Waals surface area (Å²) in [6, 6.07) is 4.93. The minimum absolute atomic E-state index is 0.120. The van der Waals surface area contributed by atoms with Gasteiger partial charge in [0.15, 0.2) is 0 Å². The lowest BCUT2D eigenvalue weighted by molar-refractivity contribution is -0.274. The summed E-state index contributed by atoms with van der Waals surface area (Å²) < 4.78 is 39.7. The topological polar surface area (TPSA) is 55.5 Å². The summed E-state index contributed by atoms with van der Waals surface area (Å²) in [5, 5.41) is 8.66. The molecule has 0 heterocycles. The molecule has 0 spiro atoms. The number of rotatable bonds is 4. The first-order valence-electron chi connectivity index (χ1n) is 6.37. The summed E-state index contributed by atoms with van der Waals surface area (Å²) in [5.41, 5.74) is 6.14. The van der Waals surface area contributed by atoms with Gasteiger partial charge in [0.2, 0.25) is 0 Å². The summed E-state index contributed by atoms with van der Waals surface area (Å²) in [7, 11) is 0. The Hall–Kier alpha value is -0.920. The Bertz CT molecular complexity index is 413. The molecule has 3 N–H and O–H groups in total. The maximum absolute atomic E-state index is 11.9. The number of hydrogen-bond acceptors (Lipinski definition) is 4. The molecule has 0 bridgehead atoms. The maximum Gasteiger partial charge on any atom is 0.573 e. The van der Waals surface area contributed by atoms with Crippen LogP contribution in [0.15, 0.2) is 24.3 Å². The van der Waals surface area contributed by atoms with Gasteiger partial charge in [0.25, 0.3) is 0 Å². The number of ether oxygens (including phenoxy) is 1. The molecule has 1 rings (SSSR count). The van der Waals surface area contributed by atoms with Gasteiger partial charge in [-0.05, 0) is 24.1 Å². The van der Waals surface area contributed by atoms with Crippen LogP contribution >= 0.6 is 12.6 Å². The Balaban J connectivity index is 0.000000690. The van der Waals surface area contributed by atoms with Crippen LogP contribution in [-0.4, -0.2) is 22.8 Å². The average molecular weight is 325 g/mol. The molecule has 21 heavy (non-hydrogen) atoms. The Morgan fingerprint density at radius 2 is 1.81 bits per heavy atom. The molecule has 0 aromatic heterocycles. The molecule has 122 valence electrons. The van der Waals surface area contributed by atoms with E-state index in [1.165, 1.54) is 18.2 Å². The number of aliphatic hydroxyl groups excluding tert-OH is 1. The van der Waals surface area contributed by atoms with Crippen LogP contribution in [0.5, 0.6) is 5.75 Å². The summed E-state index contributed by atoms with van der Waals surface area (Å²) >= 11 is 4.12. The van der Waals surface area contributed by atoms with Crippen LogP contribution in [0.2, 0.25) is 0 Å². The highest BCUT2D eigenvalue weighted by Crippen LogP contribution is 2.25. The molecule has 1 unspecified atom stereocenters. The van der Waals surface area contributed by atoms with Gasteiger partial charge in [-0.15, -0.1) is 13.2 Å². The second kappa shape index (κ2) is 8.51. The molecule has 0 fully saturated rings. The summed E-state index contributed by atoms with van der Waals surface area (Å²) in [6.07, 6.45) is -4.42. The fourth-order valence-electron chi connectivity index (χ4n) is 1.25. The molecular formula is C14H22F3NO2S. The largest absolute Gasteiger partial charge is 0.573 e. The highest BCUT2D eigenvalue weighted by atomic mass is 32.1. The number of aliphatic hydroxyl groups is 1. The van der Waals surface area contributed by atoms with Crippen molar-refractivity contribution in [1.82, 2.24) is 0 Å². The number of halogens is 3.